The van der Waals surface area contributed by atoms with Gasteiger partial charge in [-0.05, 0) is 38.9 Å². The highest BCUT2D eigenvalue weighted by Gasteiger charge is 2.23. The second-order valence-electron chi connectivity index (χ2n) is 4.71. The Hall–Kier alpha value is -1.09. The fourth-order valence-electron chi connectivity index (χ4n) is 2.34. The Kier molecular flexibility index (Phi) is 3.78. The first-order chi connectivity index (χ1) is 7.75. The van der Waals surface area contributed by atoms with Crippen LogP contribution in [0.5, 0.6) is 0 Å². The van der Waals surface area contributed by atoms with Gasteiger partial charge in [0.15, 0.2) is 0 Å². The van der Waals surface area contributed by atoms with Crippen molar-refractivity contribution in [2.75, 3.05) is 13.6 Å². The second kappa shape index (κ2) is 5.30. The Morgan fingerprint density at radius 1 is 1.56 bits per heavy atom. The van der Waals surface area contributed by atoms with Gasteiger partial charge in [-0.1, -0.05) is 0 Å². The van der Waals surface area contributed by atoms with Gasteiger partial charge < -0.3 is 9.32 Å². The second-order valence-corrected chi connectivity index (χ2v) is 4.71. The van der Waals surface area contributed by atoms with E-state index in [1.54, 1.807) is 12.5 Å². The summed E-state index contributed by atoms with van der Waals surface area (Å²) in [6.07, 6.45) is 7.47. The molecule has 3 nitrogen and oxygen atoms in total. The van der Waals surface area contributed by atoms with Crippen molar-refractivity contribution in [3.63, 3.8) is 0 Å². The van der Waals surface area contributed by atoms with Crippen molar-refractivity contribution in [2.24, 2.45) is 5.92 Å². The van der Waals surface area contributed by atoms with Crippen molar-refractivity contribution < 1.29 is 9.21 Å². The Balaban J connectivity index is 1.71. The summed E-state index contributed by atoms with van der Waals surface area (Å²) in [5, 5.41) is 0. The average molecular weight is 221 g/mol. The third kappa shape index (κ3) is 2.95. The predicted molar refractivity (Wildman–Crippen MR) is 62.0 cm³/mol. The van der Waals surface area contributed by atoms with E-state index < -0.39 is 0 Å². The molecule has 1 aliphatic carbocycles. The van der Waals surface area contributed by atoms with Crippen LogP contribution in [-0.4, -0.2) is 24.3 Å². The number of Topliss-reactive ketones (excluding diaryl/α,β-unsaturated/α-hetero) is 1. The zero-order valence-electron chi connectivity index (χ0n) is 9.82. The lowest BCUT2D eigenvalue weighted by Gasteiger charge is -2.17. The van der Waals surface area contributed by atoms with Gasteiger partial charge in [0.25, 0.3) is 0 Å². The molecular weight excluding hydrogens is 202 g/mol. The zero-order chi connectivity index (χ0) is 11.4. The molecule has 1 saturated carbocycles. The Morgan fingerprint density at radius 2 is 2.44 bits per heavy atom. The number of hydrogen-bond donors (Lipinski definition) is 0. The van der Waals surface area contributed by atoms with Gasteiger partial charge in [-0.25, -0.2) is 0 Å². The van der Waals surface area contributed by atoms with E-state index in [1.165, 1.54) is 5.56 Å². The van der Waals surface area contributed by atoms with Crippen LogP contribution in [0, 0.1) is 5.92 Å². The molecule has 0 bridgehead atoms. The van der Waals surface area contributed by atoms with E-state index in [9.17, 15) is 4.79 Å². The van der Waals surface area contributed by atoms with Crippen LogP contribution < -0.4 is 0 Å². The van der Waals surface area contributed by atoms with Crippen LogP contribution in [0.4, 0.5) is 0 Å². The van der Waals surface area contributed by atoms with Gasteiger partial charge in [-0.15, -0.1) is 0 Å². The largest absolute Gasteiger partial charge is 0.472 e. The Labute approximate surface area is 96.4 Å². The van der Waals surface area contributed by atoms with Gasteiger partial charge in [-0.3, -0.25) is 4.79 Å². The van der Waals surface area contributed by atoms with Gasteiger partial charge in [0.05, 0.1) is 12.5 Å². The predicted octanol–water partition coefficient (Wildman–Crippen LogP) is 2.47. The number of carbonyl (C=O) groups is 1. The lowest BCUT2D eigenvalue weighted by molar-refractivity contribution is -0.120. The summed E-state index contributed by atoms with van der Waals surface area (Å²) in [6.45, 7) is 1.89. The SMILES string of the molecule is CN(CCC1CCCC1=O)Cc1ccoc1. The molecule has 0 N–H and O–H groups in total. The van der Waals surface area contributed by atoms with E-state index in [2.05, 4.69) is 11.9 Å². The van der Waals surface area contributed by atoms with Crippen LogP contribution in [0.25, 0.3) is 0 Å². The summed E-state index contributed by atoms with van der Waals surface area (Å²) in [5.74, 6) is 0.795. The van der Waals surface area contributed by atoms with Crippen LogP contribution in [0.2, 0.25) is 0 Å². The standard InChI is InChI=1S/C13H19NO2/c1-14(9-11-6-8-16-10-11)7-5-12-3-2-4-13(12)15/h6,8,10,12H,2-5,7,9H2,1H3. The minimum atomic E-state index is 0.326. The molecule has 1 unspecified atom stereocenters. The molecule has 1 aromatic heterocycles. The van der Waals surface area contributed by atoms with Crippen molar-refractivity contribution >= 4 is 5.78 Å². The summed E-state index contributed by atoms with van der Waals surface area (Å²) in [5.41, 5.74) is 1.19. The number of furan rings is 1. The van der Waals surface area contributed by atoms with Crippen LogP contribution in [0.1, 0.15) is 31.2 Å². The number of ketones is 1. The van der Waals surface area contributed by atoms with Crippen molar-refractivity contribution in [3.8, 4) is 0 Å². The summed E-state index contributed by atoms with van der Waals surface area (Å²) in [4.78, 5) is 13.7. The first-order valence-corrected chi connectivity index (χ1v) is 5.98. The summed E-state index contributed by atoms with van der Waals surface area (Å²) in [6, 6.07) is 1.98. The molecule has 1 fully saturated rings. The highest BCUT2D eigenvalue weighted by atomic mass is 16.3. The average Bonchev–Trinajstić information content (AvgIpc) is 2.87. The van der Waals surface area contributed by atoms with Crippen molar-refractivity contribution in [3.05, 3.63) is 24.2 Å². The van der Waals surface area contributed by atoms with Crippen LogP contribution in [0.15, 0.2) is 23.0 Å². The van der Waals surface area contributed by atoms with Gasteiger partial charge in [0.1, 0.15) is 5.78 Å². The van der Waals surface area contributed by atoms with E-state index >= 15 is 0 Å². The fraction of sp³-hybridized carbons (Fsp3) is 0.615. The van der Waals surface area contributed by atoms with Crippen molar-refractivity contribution in [1.29, 1.82) is 0 Å². The molecule has 0 saturated heterocycles. The third-order valence-electron chi connectivity index (χ3n) is 3.32. The Morgan fingerprint density at radius 3 is 3.06 bits per heavy atom. The smallest absolute Gasteiger partial charge is 0.136 e. The van der Waals surface area contributed by atoms with E-state index in [-0.39, 0.29) is 0 Å². The third-order valence-corrected chi connectivity index (χ3v) is 3.32. The fourth-order valence-corrected chi connectivity index (χ4v) is 2.34. The summed E-state index contributed by atoms with van der Waals surface area (Å²) >= 11 is 0. The maximum atomic E-state index is 11.5. The van der Waals surface area contributed by atoms with Gasteiger partial charge in [0.2, 0.25) is 0 Å². The normalized spacial score (nSPS) is 20.9. The Bertz CT molecular complexity index is 332. The van der Waals surface area contributed by atoms with E-state index in [1.807, 2.05) is 6.07 Å². The quantitative estimate of drug-likeness (QED) is 0.766. The van der Waals surface area contributed by atoms with Crippen molar-refractivity contribution in [2.45, 2.75) is 32.2 Å². The highest BCUT2D eigenvalue weighted by Crippen LogP contribution is 2.24. The molecule has 1 aromatic rings. The molecule has 0 aliphatic heterocycles. The van der Waals surface area contributed by atoms with Crippen molar-refractivity contribution in [1.82, 2.24) is 4.90 Å². The van der Waals surface area contributed by atoms with E-state index in [0.717, 1.165) is 38.8 Å². The van der Waals surface area contributed by atoms with Gasteiger partial charge in [-0.2, -0.15) is 0 Å². The molecule has 3 heteroatoms. The number of rotatable bonds is 5. The number of carbonyl (C=O) groups excluding carboxylic acids is 1. The van der Waals surface area contributed by atoms with Crippen LogP contribution >= 0.6 is 0 Å². The molecule has 0 aromatic carbocycles. The lowest BCUT2D eigenvalue weighted by atomic mass is 10.0. The molecule has 0 radical (unpaired) electrons. The molecule has 16 heavy (non-hydrogen) atoms. The maximum Gasteiger partial charge on any atom is 0.136 e. The molecule has 2 rings (SSSR count). The molecular formula is C13H19NO2. The highest BCUT2D eigenvalue weighted by molar-refractivity contribution is 5.82. The number of nitrogens with zero attached hydrogens (tertiary/aromatic N) is 1. The van der Waals surface area contributed by atoms with Gasteiger partial charge in [0, 0.05) is 24.4 Å². The molecule has 0 spiro atoms. The first kappa shape index (κ1) is 11.4. The number of hydrogen-bond acceptors (Lipinski definition) is 3. The van der Waals surface area contributed by atoms with E-state index in [4.69, 9.17) is 4.42 Å². The molecule has 1 heterocycles. The molecule has 1 atom stereocenters. The minimum absolute atomic E-state index is 0.326. The molecule has 0 amide bonds. The maximum absolute atomic E-state index is 11.5. The summed E-state index contributed by atoms with van der Waals surface area (Å²) in [7, 11) is 2.09. The van der Waals surface area contributed by atoms with Gasteiger partial charge >= 0.3 is 0 Å². The van der Waals surface area contributed by atoms with E-state index in [0.29, 0.717) is 11.7 Å². The minimum Gasteiger partial charge on any atom is -0.472 e. The zero-order valence-corrected chi connectivity index (χ0v) is 9.82. The lowest BCUT2D eigenvalue weighted by Crippen LogP contribution is -2.22. The first-order valence-electron chi connectivity index (χ1n) is 5.98. The van der Waals surface area contributed by atoms with Crippen LogP contribution in [0.3, 0.4) is 0 Å². The van der Waals surface area contributed by atoms with Crippen LogP contribution in [-0.2, 0) is 11.3 Å². The monoisotopic (exact) mass is 221 g/mol. The molecule has 88 valence electrons. The topological polar surface area (TPSA) is 33.5 Å². The molecule has 1 aliphatic rings. The summed E-state index contributed by atoms with van der Waals surface area (Å²) < 4.78 is 5.03.